The zero-order valence-corrected chi connectivity index (χ0v) is 32.6. The lowest BCUT2D eigenvalue weighted by atomic mass is 9.92. The molecule has 0 atom stereocenters. The molecule has 0 spiro atoms. The van der Waals surface area contributed by atoms with Gasteiger partial charge in [-0.3, -0.25) is 0 Å². The molecule has 3 nitrogen and oxygen atoms in total. The van der Waals surface area contributed by atoms with Gasteiger partial charge in [0.2, 0.25) is 0 Å². The van der Waals surface area contributed by atoms with Gasteiger partial charge in [0.15, 0.2) is 17.5 Å². The molecule has 0 radical (unpaired) electrons. The van der Waals surface area contributed by atoms with E-state index in [1.807, 2.05) is 0 Å². The minimum absolute atomic E-state index is 0.644. The lowest BCUT2D eigenvalue weighted by Gasteiger charge is -2.14. The van der Waals surface area contributed by atoms with Crippen LogP contribution in [-0.2, 0) is 0 Å². The Morgan fingerprint density at radius 1 is 0.271 bits per heavy atom. The number of rotatable bonds is 5. The normalized spacial score (nSPS) is 11.7. The van der Waals surface area contributed by atoms with Gasteiger partial charge < -0.3 is 0 Å². The van der Waals surface area contributed by atoms with Gasteiger partial charge in [0.1, 0.15) is 0 Å². The number of benzene rings is 10. The van der Waals surface area contributed by atoms with E-state index in [0.29, 0.717) is 17.5 Å². The van der Waals surface area contributed by atoms with Crippen LogP contribution in [-0.4, -0.2) is 15.0 Å². The summed E-state index contributed by atoms with van der Waals surface area (Å²) in [6.07, 6.45) is 0. The highest BCUT2D eigenvalue weighted by Gasteiger charge is 2.19. The summed E-state index contributed by atoms with van der Waals surface area (Å²) in [5.74, 6) is 1.96. The lowest BCUT2D eigenvalue weighted by molar-refractivity contribution is 1.08. The van der Waals surface area contributed by atoms with Crippen LogP contribution in [0.4, 0.5) is 0 Å². The van der Waals surface area contributed by atoms with Crippen LogP contribution in [0.5, 0.6) is 0 Å². The van der Waals surface area contributed by atoms with Gasteiger partial charge in [0.05, 0.1) is 0 Å². The Morgan fingerprint density at radius 3 is 1.63 bits per heavy atom. The van der Waals surface area contributed by atoms with E-state index in [1.54, 1.807) is 11.3 Å². The van der Waals surface area contributed by atoms with E-state index in [0.717, 1.165) is 38.2 Å². The fourth-order valence-corrected chi connectivity index (χ4v) is 10.1. The zero-order valence-electron chi connectivity index (χ0n) is 31.8. The molecule has 4 heteroatoms. The third-order valence-corrected chi connectivity index (χ3v) is 12.9. The van der Waals surface area contributed by atoms with E-state index in [9.17, 15) is 0 Å². The highest BCUT2D eigenvalue weighted by Crippen LogP contribution is 2.42. The number of fused-ring (bicyclic) bond motifs is 8. The number of nitrogens with zero attached hydrogens (tertiary/aromatic N) is 3. The summed E-state index contributed by atoms with van der Waals surface area (Å²) in [5.41, 5.74) is 7.71. The number of hydrogen-bond donors (Lipinski definition) is 0. The molecule has 0 bridgehead atoms. The van der Waals surface area contributed by atoms with E-state index in [1.165, 1.54) is 64.0 Å². The van der Waals surface area contributed by atoms with E-state index in [4.69, 9.17) is 15.0 Å². The monoisotopic (exact) mass is 767 g/mol. The highest BCUT2D eigenvalue weighted by molar-refractivity contribution is 7.26. The van der Waals surface area contributed by atoms with E-state index >= 15 is 0 Å². The number of hydrogen-bond acceptors (Lipinski definition) is 4. The van der Waals surface area contributed by atoms with E-state index < -0.39 is 0 Å². The van der Waals surface area contributed by atoms with Gasteiger partial charge in [-0.15, -0.1) is 11.3 Å². The van der Waals surface area contributed by atoms with Crippen LogP contribution in [0.1, 0.15) is 0 Å². The van der Waals surface area contributed by atoms with Crippen LogP contribution in [0.15, 0.2) is 200 Å². The molecular weight excluding hydrogens is 735 g/mol. The Kier molecular flexibility index (Phi) is 7.72. The van der Waals surface area contributed by atoms with E-state index in [2.05, 4.69) is 200 Å². The zero-order chi connectivity index (χ0) is 38.9. The van der Waals surface area contributed by atoms with Crippen LogP contribution < -0.4 is 0 Å². The Bertz CT molecular complexity index is 3620. The molecular formula is C55H33N3S. The average Bonchev–Trinajstić information content (AvgIpc) is 3.70. The summed E-state index contributed by atoms with van der Waals surface area (Å²) in [4.78, 5) is 15.9. The predicted octanol–water partition coefficient (Wildman–Crippen LogP) is 15.2. The Balaban J connectivity index is 1.04. The van der Waals surface area contributed by atoms with Crippen molar-refractivity contribution in [2.75, 3.05) is 0 Å². The number of thiophene rings is 1. The quantitative estimate of drug-likeness (QED) is 0.164. The van der Waals surface area contributed by atoms with Crippen molar-refractivity contribution in [3.8, 4) is 56.4 Å². The third kappa shape index (κ3) is 5.60. The summed E-state index contributed by atoms with van der Waals surface area (Å²) in [6, 6.07) is 71.7. The highest BCUT2D eigenvalue weighted by atomic mass is 32.1. The predicted molar refractivity (Wildman–Crippen MR) is 250 cm³/mol. The number of aromatic nitrogens is 3. The van der Waals surface area contributed by atoms with Gasteiger partial charge in [0.25, 0.3) is 0 Å². The largest absolute Gasteiger partial charge is 0.208 e. The fraction of sp³-hybridized carbons (Fsp3) is 0. The molecule has 0 saturated heterocycles. The molecule has 2 heterocycles. The fourth-order valence-electron chi connectivity index (χ4n) is 8.88. The standard InChI is InChI=1S/C55H33N3S/c1-2-13-34(14-3-1)41-29-30-48(44-19-8-6-18-43(41)44)54-56-53(57-55(58-54)49-23-12-22-47-46-21-10-11-24-51(46)59-52(47)49)39-28-26-35-31-38(27-25-36(35)32-39)50-33-37-15-4-5-16-40(37)42-17-7-9-20-45(42)50/h1-33H. The summed E-state index contributed by atoms with van der Waals surface area (Å²) < 4.78 is 2.42. The van der Waals surface area contributed by atoms with Gasteiger partial charge in [0, 0.05) is 36.9 Å². The molecule has 59 heavy (non-hydrogen) atoms. The van der Waals surface area contributed by atoms with Gasteiger partial charge in [-0.05, 0) is 102 Å². The average molecular weight is 768 g/mol. The van der Waals surface area contributed by atoms with E-state index in [-0.39, 0.29) is 0 Å². The first-order valence-corrected chi connectivity index (χ1v) is 20.7. The van der Waals surface area contributed by atoms with Crippen molar-refractivity contribution >= 4 is 74.6 Å². The van der Waals surface area contributed by atoms with Gasteiger partial charge >= 0.3 is 0 Å². The second-order valence-corrected chi connectivity index (χ2v) is 16.2. The summed E-state index contributed by atoms with van der Waals surface area (Å²) in [6.45, 7) is 0. The third-order valence-electron chi connectivity index (χ3n) is 11.7. The molecule has 12 rings (SSSR count). The van der Waals surface area contributed by atoms with Crippen LogP contribution in [0.2, 0.25) is 0 Å². The lowest BCUT2D eigenvalue weighted by Crippen LogP contribution is -2.01. The first-order valence-electron chi connectivity index (χ1n) is 19.9. The summed E-state index contributed by atoms with van der Waals surface area (Å²) in [7, 11) is 0. The maximum Gasteiger partial charge on any atom is 0.165 e. The Labute approximate surface area is 344 Å². The maximum absolute atomic E-state index is 5.31. The second kappa shape index (κ2) is 13.6. The van der Waals surface area contributed by atoms with Crippen molar-refractivity contribution in [2.45, 2.75) is 0 Å². The van der Waals surface area contributed by atoms with Crippen molar-refractivity contribution in [2.24, 2.45) is 0 Å². The molecule has 0 aliphatic rings. The molecule has 0 aliphatic carbocycles. The Hall–Kier alpha value is -7.53. The van der Waals surface area contributed by atoms with Crippen molar-refractivity contribution < 1.29 is 0 Å². The SMILES string of the molecule is c1ccc(-c2ccc(-c3nc(-c4ccc5cc(-c6cc7ccccc7c7ccccc67)ccc5c4)nc(-c4cccc5c4sc4ccccc45)n3)c3ccccc23)cc1. The van der Waals surface area contributed by atoms with Crippen molar-refractivity contribution in [3.05, 3.63) is 200 Å². The molecule has 0 N–H and O–H groups in total. The van der Waals surface area contributed by atoms with Gasteiger partial charge in [-0.1, -0.05) is 164 Å². The van der Waals surface area contributed by atoms with Crippen molar-refractivity contribution in [3.63, 3.8) is 0 Å². The molecule has 10 aromatic carbocycles. The maximum atomic E-state index is 5.31. The summed E-state index contributed by atoms with van der Waals surface area (Å²) >= 11 is 1.79. The van der Waals surface area contributed by atoms with Crippen LogP contribution in [0.25, 0.3) is 120 Å². The molecule has 0 saturated carbocycles. The van der Waals surface area contributed by atoms with Crippen molar-refractivity contribution in [1.82, 2.24) is 15.0 Å². The first-order chi connectivity index (χ1) is 29.2. The smallest absolute Gasteiger partial charge is 0.165 e. The van der Waals surface area contributed by atoms with Crippen molar-refractivity contribution in [1.29, 1.82) is 0 Å². The van der Waals surface area contributed by atoms with Crippen LogP contribution in [0, 0.1) is 0 Å². The Morgan fingerprint density at radius 2 is 0.831 bits per heavy atom. The topological polar surface area (TPSA) is 38.7 Å². The van der Waals surface area contributed by atoms with Gasteiger partial charge in [-0.25, -0.2) is 15.0 Å². The van der Waals surface area contributed by atoms with Crippen LogP contribution in [0.3, 0.4) is 0 Å². The minimum Gasteiger partial charge on any atom is -0.208 e. The molecule has 12 aromatic rings. The van der Waals surface area contributed by atoms with Crippen LogP contribution >= 0.6 is 11.3 Å². The minimum atomic E-state index is 0.644. The second-order valence-electron chi connectivity index (χ2n) is 15.1. The molecule has 274 valence electrons. The molecule has 0 unspecified atom stereocenters. The summed E-state index contributed by atoms with van der Waals surface area (Å²) in [5, 5.41) is 12.1. The first kappa shape index (κ1) is 33.6. The molecule has 0 fully saturated rings. The molecule has 0 aliphatic heterocycles. The molecule has 2 aromatic heterocycles. The van der Waals surface area contributed by atoms with Gasteiger partial charge in [-0.2, -0.15) is 0 Å². The molecule has 0 amide bonds.